The lowest BCUT2D eigenvalue weighted by Crippen LogP contribution is -2.18. The normalized spacial score (nSPS) is 14.4. The molecular formula is C33H47N2O8PS3. The highest BCUT2D eigenvalue weighted by Gasteiger charge is 2.28. The van der Waals surface area contributed by atoms with E-state index < -0.39 is 17.4 Å². The molecule has 47 heavy (non-hydrogen) atoms. The number of rotatable bonds is 17. The van der Waals surface area contributed by atoms with E-state index in [9.17, 15) is 22.6 Å². The van der Waals surface area contributed by atoms with Crippen molar-refractivity contribution in [2.45, 2.75) is 89.9 Å². The Balaban J connectivity index is 0.000000420. The average molecular weight is 727 g/mol. The lowest BCUT2D eigenvalue weighted by atomic mass is 9.84. The molecule has 1 aromatic carbocycles. The van der Waals surface area contributed by atoms with E-state index in [2.05, 4.69) is 9.97 Å². The van der Waals surface area contributed by atoms with Crippen molar-refractivity contribution in [2.24, 2.45) is 5.92 Å². The summed E-state index contributed by atoms with van der Waals surface area (Å²) in [4.78, 5) is 33.4. The predicted octanol–water partition coefficient (Wildman–Crippen LogP) is 7.39. The minimum atomic E-state index is -3.29. The maximum Gasteiger partial charge on any atom is 0.331 e. The molecule has 2 heterocycles. The SMILES string of the molecule is CCOC(=O)Cc1csc(C)n1.CCOP(=O)(CCc1csc(CC(=O)[C@H](CC2CCCC2)c2ccc(S(C)(=O)=O)cc2)n1)OCC. The molecule has 1 aliphatic rings. The van der Waals surface area contributed by atoms with Crippen LogP contribution >= 0.6 is 30.3 Å². The molecule has 10 nitrogen and oxygen atoms in total. The number of ether oxygens (including phenoxy) is 1. The molecule has 1 fully saturated rings. The van der Waals surface area contributed by atoms with Gasteiger partial charge in [-0.2, -0.15) is 0 Å². The first kappa shape index (κ1) is 39.2. The molecule has 0 unspecified atom stereocenters. The largest absolute Gasteiger partial charge is 0.466 e. The highest BCUT2D eigenvalue weighted by Crippen LogP contribution is 2.48. The number of nitrogens with zero attached hydrogens (tertiary/aromatic N) is 2. The number of ketones is 1. The van der Waals surface area contributed by atoms with Crippen LogP contribution in [0.15, 0.2) is 39.9 Å². The van der Waals surface area contributed by atoms with Crippen LogP contribution in [0.5, 0.6) is 0 Å². The second kappa shape index (κ2) is 19.0. The van der Waals surface area contributed by atoms with Gasteiger partial charge in [0.15, 0.2) is 9.84 Å². The van der Waals surface area contributed by atoms with E-state index in [1.54, 1.807) is 56.4 Å². The first-order valence-corrected chi connectivity index (χ1v) is 21.4. The number of esters is 1. The van der Waals surface area contributed by atoms with Gasteiger partial charge < -0.3 is 13.8 Å². The van der Waals surface area contributed by atoms with E-state index in [4.69, 9.17) is 13.8 Å². The van der Waals surface area contributed by atoms with Gasteiger partial charge in [0, 0.05) is 29.4 Å². The number of carbonyl (C=O) groups is 2. The van der Waals surface area contributed by atoms with E-state index in [1.807, 2.05) is 17.7 Å². The van der Waals surface area contributed by atoms with Crippen molar-refractivity contribution >= 4 is 51.9 Å². The van der Waals surface area contributed by atoms with Gasteiger partial charge in [0.05, 0.1) is 60.1 Å². The zero-order valence-electron chi connectivity index (χ0n) is 27.9. The van der Waals surface area contributed by atoms with Crippen LogP contribution in [-0.4, -0.2) is 62.4 Å². The van der Waals surface area contributed by atoms with Gasteiger partial charge in [0.1, 0.15) is 10.8 Å². The molecule has 0 bridgehead atoms. The Morgan fingerprint density at radius 2 is 1.57 bits per heavy atom. The summed E-state index contributed by atoms with van der Waals surface area (Å²) < 4.78 is 51.9. The van der Waals surface area contributed by atoms with E-state index in [-0.39, 0.29) is 41.6 Å². The van der Waals surface area contributed by atoms with Crippen LogP contribution in [0.3, 0.4) is 0 Å². The zero-order chi connectivity index (χ0) is 34.5. The fourth-order valence-electron chi connectivity index (χ4n) is 5.46. The van der Waals surface area contributed by atoms with Gasteiger partial charge in [0.25, 0.3) is 0 Å². The third-order valence-corrected chi connectivity index (χ3v) is 12.6. The highest BCUT2D eigenvalue weighted by atomic mass is 32.2. The second-order valence-corrected chi connectivity index (χ2v) is 17.6. The minimum absolute atomic E-state index is 0.0965. The number of thiazole rings is 2. The van der Waals surface area contributed by atoms with Gasteiger partial charge in [-0.3, -0.25) is 14.2 Å². The lowest BCUT2D eigenvalue weighted by molar-refractivity contribution is -0.142. The summed E-state index contributed by atoms with van der Waals surface area (Å²) >= 11 is 2.98. The molecule has 0 aliphatic heterocycles. The third kappa shape index (κ3) is 13.3. The fourth-order valence-corrected chi connectivity index (χ4v) is 9.16. The first-order valence-electron chi connectivity index (χ1n) is 16.1. The highest BCUT2D eigenvalue weighted by molar-refractivity contribution is 7.90. The number of carbonyl (C=O) groups excluding carboxylic acids is 2. The summed E-state index contributed by atoms with van der Waals surface area (Å²) in [7, 11) is -6.43. The minimum Gasteiger partial charge on any atom is -0.466 e. The zero-order valence-corrected chi connectivity index (χ0v) is 31.3. The molecular weight excluding hydrogens is 680 g/mol. The van der Waals surface area contributed by atoms with Crippen LogP contribution in [-0.2, 0) is 57.0 Å². The fraction of sp³-hybridized carbons (Fsp3) is 0.576. The number of aryl methyl sites for hydroxylation is 2. The van der Waals surface area contributed by atoms with Crippen molar-refractivity contribution in [3.8, 4) is 0 Å². The van der Waals surface area contributed by atoms with Crippen molar-refractivity contribution in [1.82, 2.24) is 9.97 Å². The Hall–Kier alpha value is -2.28. The molecule has 0 N–H and O–H groups in total. The molecule has 3 aromatic rings. The van der Waals surface area contributed by atoms with Gasteiger partial charge in [-0.05, 0) is 57.7 Å². The van der Waals surface area contributed by atoms with Crippen LogP contribution < -0.4 is 0 Å². The van der Waals surface area contributed by atoms with Crippen molar-refractivity contribution in [1.29, 1.82) is 0 Å². The lowest BCUT2D eigenvalue weighted by Gasteiger charge is -2.20. The van der Waals surface area contributed by atoms with E-state index in [0.717, 1.165) is 46.2 Å². The van der Waals surface area contributed by atoms with Crippen molar-refractivity contribution in [3.05, 3.63) is 62.0 Å². The maximum absolute atomic E-state index is 13.4. The Morgan fingerprint density at radius 3 is 2.13 bits per heavy atom. The van der Waals surface area contributed by atoms with Gasteiger partial charge in [-0.15, -0.1) is 22.7 Å². The van der Waals surface area contributed by atoms with Crippen LogP contribution in [0.25, 0.3) is 0 Å². The van der Waals surface area contributed by atoms with Crippen LogP contribution in [0.1, 0.15) is 85.8 Å². The molecule has 1 atom stereocenters. The molecule has 260 valence electrons. The molecule has 0 saturated heterocycles. The van der Waals surface area contributed by atoms with Gasteiger partial charge in [-0.25, -0.2) is 18.4 Å². The molecule has 0 amide bonds. The third-order valence-electron chi connectivity index (χ3n) is 7.66. The van der Waals surface area contributed by atoms with Crippen molar-refractivity contribution < 1.29 is 36.4 Å². The topological polar surface area (TPSA) is 139 Å². The number of hydrogen-bond acceptors (Lipinski definition) is 12. The molecule has 2 aromatic heterocycles. The number of aromatic nitrogens is 2. The number of Topliss-reactive ketones (excluding diaryl/α,β-unsaturated/α-hetero) is 1. The van der Waals surface area contributed by atoms with Gasteiger partial charge in [-0.1, -0.05) is 37.8 Å². The van der Waals surface area contributed by atoms with Gasteiger partial charge in [0.2, 0.25) is 0 Å². The first-order chi connectivity index (χ1) is 22.4. The molecule has 0 spiro atoms. The van der Waals surface area contributed by atoms with E-state index in [0.29, 0.717) is 32.2 Å². The molecule has 1 saturated carbocycles. The van der Waals surface area contributed by atoms with Crippen LogP contribution in [0.4, 0.5) is 0 Å². The predicted molar refractivity (Wildman–Crippen MR) is 186 cm³/mol. The molecule has 0 radical (unpaired) electrons. The summed E-state index contributed by atoms with van der Waals surface area (Å²) in [5, 5.41) is 5.50. The Bertz CT molecular complexity index is 1570. The molecule has 14 heteroatoms. The maximum atomic E-state index is 13.4. The number of benzene rings is 1. The summed E-state index contributed by atoms with van der Waals surface area (Å²) in [5.41, 5.74) is 2.44. The summed E-state index contributed by atoms with van der Waals surface area (Å²) in [5.74, 6) is 0.119. The molecule has 1 aliphatic carbocycles. The second-order valence-electron chi connectivity index (χ2n) is 11.4. The summed E-state index contributed by atoms with van der Waals surface area (Å²) in [6, 6.07) is 6.74. The van der Waals surface area contributed by atoms with Crippen molar-refractivity contribution in [3.63, 3.8) is 0 Å². The Morgan fingerprint density at radius 1 is 0.936 bits per heavy atom. The smallest absolute Gasteiger partial charge is 0.331 e. The summed E-state index contributed by atoms with van der Waals surface area (Å²) in [6.45, 7) is 8.36. The standard InChI is InChI=1S/C25H36NO6PS2.C8H11NO2S/c1-4-31-33(28,32-5-2)15-14-21-18-34-25(26-21)17-24(27)23(16-19-8-6-7-9-19)20-10-12-22(13-11-20)35(3,29)30;1-3-11-8(10)4-7-5-12-6(2)9-7/h10-13,18-19,23H,4-9,14-17H2,1-3H3;5H,3-4H2,1-2H3/t23-;/m1./s1. The summed E-state index contributed by atoms with van der Waals surface area (Å²) in [6.07, 6.45) is 7.85. The van der Waals surface area contributed by atoms with E-state index in [1.165, 1.54) is 30.4 Å². The van der Waals surface area contributed by atoms with Gasteiger partial charge >= 0.3 is 13.6 Å². The Labute approximate surface area is 287 Å². The molecule has 4 rings (SSSR count). The van der Waals surface area contributed by atoms with E-state index >= 15 is 0 Å². The quantitative estimate of drug-likeness (QED) is 0.102. The Kier molecular flexibility index (Phi) is 15.9. The monoisotopic (exact) mass is 726 g/mol. The average Bonchev–Trinajstić information content (AvgIpc) is 3.78. The number of hydrogen-bond donors (Lipinski definition) is 0. The van der Waals surface area contributed by atoms with Crippen molar-refractivity contribution in [2.75, 3.05) is 32.2 Å². The van der Waals surface area contributed by atoms with Crippen LogP contribution in [0, 0.1) is 12.8 Å². The van der Waals surface area contributed by atoms with Crippen LogP contribution in [0.2, 0.25) is 0 Å². The number of sulfone groups is 1.